The summed E-state index contributed by atoms with van der Waals surface area (Å²) in [6, 6.07) is 5.35. The molecule has 1 aromatic heterocycles. The summed E-state index contributed by atoms with van der Waals surface area (Å²) in [6.45, 7) is 0. The van der Waals surface area contributed by atoms with Gasteiger partial charge < -0.3 is 5.32 Å². The van der Waals surface area contributed by atoms with Gasteiger partial charge in [0.05, 0.1) is 18.3 Å². The zero-order valence-electron chi connectivity index (χ0n) is 9.53. The van der Waals surface area contributed by atoms with Crippen LogP contribution in [0.1, 0.15) is 5.56 Å². The van der Waals surface area contributed by atoms with Crippen molar-refractivity contribution < 1.29 is 9.18 Å². The fourth-order valence-corrected chi connectivity index (χ4v) is 1.85. The highest BCUT2D eigenvalue weighted by Gasteiger charge is 2.09. The maximum atomic E-state index is 12.9. The van der Waals surface area contributed by atoms with Crippen LogP contribution in [0.15, 0.2) is 30.5 Å². The van der Waals surface area contributed by atoms with Crippen LogP contribution in [0.5, 0.6) is 0 Å². The molecule has 2 aromatic rings. The second-order valence-corrected chi connectivity index (χ2v) is 4.52. The molecule has 4 nitrogen and oxygen atoms in total. The van der Waals surface area contributed by atoms with Gasteiger partial charge in [0.2, 0.25) is 5.91 Å². The van der Waals surface area contributed by atoms with E-state index in [1.807, 2.05) is 0 Å². The van der Waals surface area contributed by atoms with Gasteiger partial charge in [-0.15, -0.1) is 5.10 Å². The number of carbonyl (C=O) groups is 1. The summed E-state index contributed by atoms with van der Waals surface area (Å²) < 4.78 is 12.9. The Balaban J connectivity index is 2.05. The summed E-state index contributed by atoms with van der Waals surface area (Å²) in [4.78, 5) is 11.8. The van der Waals surface area contributed by atoms with Crippen LogP contribution in [0, 0.1) is 5.82 Å². The Hall–Kier alpha value is -1.72. The summed E-state index contributed by atoms with van der Waals surface area (Å²) in [5, 5.41) is 10.1. The van der Waals surface area contributed by atoms with Crippen LogP contribution in [-0.2, 0) is 11.2 Å². The number of carbonyl (C=O) groups excluding carboxylic acids is 1. The molecule has 0 saturated heterocycles. The van der Waals surface area contributed by atoms with Gasteiger partial charge in [-0.2, -0.15) is 5.10 Å². The molecule has 19 heavy (non-hydrogen) atoms. The van der Waals surface area contributed by atoms with Crippen molar-refractivity contribution in [2.24, 2.45) is 0 Å². The molecule has 0 saturated carbocycles. The van der Waals surface area contributed by atoms with Crippen molar-refractivity contribution in [1.82, 2.24) is 10.2 Å². The highest BCUT2D eigenvalue weighted by atomic mass is 35.5. The molecule has 1 amide bonds. The molecule has 2 rings (SSSR count). The average Bonchev–Trinajstić information content (AvgIpc) is 2.33. The molecular formula is C12H8Cl2FN3O. The number of hydrogen-bond acceptors (Lipinski definition) is 3. The molecule has 0 bridgehead atoms. The predicted octanol–water partition coefficient (Wildman–Crippen LogP) is 3.10. The van der Waals surface area contributed by atoms with Gasteiger partial charge in [0.15, 0.2) is 5.15 Å². The number of rotatable bonds is 3. The number of nitrogens with zero attached hydrogens (tertiary/aromatic N) is 2. The van der Waals surface area contributed by atoms with Gasteiger partial charge in [0, 0.05) is 11.1 Å². The molecule has 0 unspecified atom stereocenters. The first kappa shape index (κ1) is 13.7. The molecule has 0 atom stereocenters. The number of halogens is 3. The van der Waals surface area contributed by atoms with Gasteiger partial charge in [0.1, 0.15) is 5.82 Å². The average molecular weight is 300 g/mol. The topological polar surface area (TPSA) is 54.9 Å². The molecule has 1 N–H and O–H groups in total. The molecule has 0 aliphatic rings. The van der Waals surface area contributed by atoms with Gasteiger partial charge in [0.25, 0.3) is 0 Å². The third kappa shape index (κ3) is 3.87. The zero-order valence-corrected chi connectivity index (χ0v) is 11.0. The molecule has 0 aliphatic carbocycles. The van der Waals surface area contributed by atoms with Gasteiger partial charge in [-0.3, -0.25) is 4.79 Å². The summed E-state index contributed by atoms with van der Waals surface area (Å²) >= 11 is 11.5. The smallest absolute Gasteiger partial charge is 0.228 e. The van der Waals surface area contributed by atoms with E-state index in [0.717, 1.165) is 6.07 Å². The number of benzene rings is 1. The minimum absolute atomic E-state index is 0.0268. The van der Waals surface area contributed by atoms with Crippen molar-refractivity contribution in [3.63, 3.8) is 0 Å². The third-order valence-electron chi connectivity index (χ3n) is 2.27. The Bertz CT molecular complexity index is 622. The Kier molecular flexibility index (Phi) is 4.29. The highest BCUT2D eigenvalue weighted by molar-refractivity contribution is 6.31. The van der Waals surface area contributed by atoms with Crippen molar-refractivity contribution in [3.05, 3.63) is 52.0 Å². The van der Waals surface area contributed by atoms with Gasteiger partial charge in [-0.25, -0.2) is 4.39 Å². The fourth-order valence-electron chi connectivity index (χ4n) is 1.45. The number of nitrogens with one attached hydrogen (secondary N) is 1. The van der Waals surface area contributed by atoms with Gasteiger partial charge in [-0.1, -0.05) is 29.3 Å². The van der Waals surface area contributed by atoms with Crippen LogP contribution in [0.2, 0.25) is 10.2 Å². The van der Waals surface area contributed by atoms with E-state index in [4.69, 9.17) is 23.2 Å². The molecule has 7 heteroatoms. The monoisotopic (exact) mass is 299 g/mol. The Labute approximate surface area is 118 Å². The van der Waals surface area contributed by atoms with Crippen LogP contribution in [0.25, 0.3) is 0 Å². The van der Waals surface area contributed by atoms with Gasteiger partial charge in [-0.05, 0) is 17.7 Å². The molecular weight excluding hydrogens is 292 g/mol. The second-order valence-electron chi connectivity index (χ2n) is 3.73. The van der Waals surface area contributed by atoms with Crippen LogP contribution < -0.4 is 5.32 Å². The molecule has 1 heterocycles. The Morgan fingerprint density at radius 1 is 1.32 bits per heavy atom. The van der Waals surface area contributed by atoms with E-state index in [-0.39, 0.29) is 22.5 Å². The van der Waals surface area contributed by atoms with Crippen LogP contribution in [0.4, 0.5) is 10.1 Å². The normalized spacial score (nSPS) is 10.3. The number of anilines is 1. The van der Waals surface area contributed by atoms with E-state index >= 15 is 0 Å². The molecule has 0 fully saturated rings. The van der Waals surface area contributed by atoms with E-state index in [2.05, 4.69) is 15.5 Å². The lowest BCUT2D eigenvalue weighted by Crippen LogP contribution is -2.15. The minimum Gasteiger partial charge on any atom is -0.324 e. The van der Waals surface area contributed by atoms with E-state index in [1.54, 1.807) is 0 Å². The summed E-state index contributed by atoms with van der Waals surface area (Å²) in [5.74, 6) is -0.753. The zero-order chi connectivity index (χ0) is 13.8. The van der Waals surface area contributed by atoms with Crippen LogP contribution >= 0.6 is 23.2 Å². The van der Waals surface area contributed by atoms with E-state index < -0.39 is 5.82 Å². The summed E-state index contributed by atoms with van der Waals surface area (Å²) in [5.41, 5.74) is 0.969. The van der Waals surface area contributed by atoms with Crippen molar-refractivity contribution >= 4 is 34.8 Å². The highest BCUT2D eigenvalue weighted by Crippen LogP contribution is 2.18. The summed E-state index contributed by atoms with van der Waals surface area (Å²) in [6.07, 6.45) is 1.40. The number of hydrogen-bond donors (Lipinski definition) is 1. The van der Waals surface area contributed by atoms with Crippen molar-refractivity contribution in [2.75, 3.05) is 5.32 Å². The second kappa shape index (κ2) is 5.95. The molecule has 0 radical (unpaired) electrons. The first-order chi connectivity index (χ1) is 9.04. The fraction of sp³-hybridized carbons (Fsp3) is 0.0833. The van der Waals surface area contributed by atoms with E-state index in [1.165, 1.54) is 24.4 Å². The predicted molar refractivity (Wildman–Crippen MR) is 70.8 cm³/mol. The largest absolute Gasteiger partial charge is 0.324 e. The lowest BCUT2D eigenvalue weighted by atomic mass is 10.1. The van der Waals surface area contributed by atoms with Crippen LogP contribution in [0.3, 0.4) is 0 Å². The number of aromatic nitrogens is 2. The maximum absolute atomic E-state index is 12.9. The Morgan fingerprint density at radius 3 is 2.79 bits per heavy atom. The van der Waals surface area contributed by atoms with Crippen LogP contribution in [-0.4, -0.2) is 16.1 Å². The maximum Gasteiger partial charge on any atom is 0.228 e. The minimum atomic E-state index is -0.445. The van der Waals surface area contributed by atoms with Crippen molar-refractivity contribution in [2.45, 2.75) is 6.42 Å². The SMILES string of the molecule is O=C(Cc1ccc(F)cc1Cl)Nc1cnnc(Cl)c1. The van der Waals surface area contributed by atoms with Crippen molar-refractivity contribution in [1.29, 1.82) is 0 Å². The quantitative estimate of drug-likeness (QED) is 0.947. The third-order valence-corrected chi connectivity index (χ3v) is 2.81. The molecule has 0 spiro atoms. The van der Waals surface area contributed by atoms with E-state index in [0.29, 0.717) is 11.3 Å². The molecule has 0 aliphatic heterocycles. The van der Waals surface area contributed by atoms with Gasteiger partial charge >= 0.3 is 0 Å². The molecule has 98 valence electrons. The lowest BCUT2D eigenvalue weighted by molar-refractivity contribution is -0.115. The standard InChI is InChI=1S/C12H8Cl2FN3O/c13-10-4-8(15)2-1-7(10)3-12(19)17-9-5-11(14)18-16-6-9/h1-2,4-6H,3H2,(H,17,18,19). The number of amides is 1. The van der Waals surface area contributed by atoms with Crippen molar-refractivity contribution in [3.8, 4) is 0 Å². The lowest BCUT2D eigenvalue weighted by Gasteiger charge is -2.06. The summed E-state index contributed by atoms with van der Waals surface area (Å²) in [7, 11) is 0. The molecule has 1 aromatic carbocycles. The Morgan fingerprint density at radius 2 is 2.11 bits per heavy atom. The first-order valence-electron chi connectivity index (χ1n) is 5.26. The van der Waals surface area contributed by atoms with E-state index in [9.17, 15) is 9.18 Å². The first-order valence-corrected chi connectivity index (χ1v) is 6.02.